The van der Waals surface area contributed by atoms with Crippen LogP contribution in [0.2, 0.25) is 0 Å². The Hall–Kier alpha value is -3.87. The lowest BCUT2D eigenvalue weighted by atomic mass is 10.1. The number of nitrogens with zero attached hydrogens (tertiary/aromatic N) is 3. The highest BCUT2D eigenvalue weighted by Gasteiger charge is 2.33. The first-order valence-electron chi connectivity index (χ1n) is 8.20. The Labute approximate surface area is 154 Å². The van der Waals surface area contributed by atoms with Crippen LogP contribution in [0.5, 0.6) is 0 Å². The molecule has 7 heteroatoms. The van der Waals surface area contributed by atoms with E-state index in [0.29, 0.717) is 17.1 Å². The van der Waals surface area contributed by atoms with Crippen LogP contribution in [0.3, 0.4) is 0 Å². The number of nitrogens with one attached hydrogen (secondary N) is 1. The minimum Gasteiger partial charge on any atom is -0.319 e. The molecule has 1 aliphatic rings. The number of aromatic nitrogens is 2. The highest BCUT2D eigenvalue weighted by Crippen LogP contribution is 2.23. The first-order chi connectivity index (χ1) is 13.0. The van der Waals surface area contributed by atoms with Crippen LogP contribution in [0.1, 0.15) is 31.1 Å². The lowest BCUT2D eigenvalue weighted by Crippen LogP contribution is -2.24. The molecule has 0 atom stereocenters. The van der Waals surface area contributed by atoms with E-state index in [4.69, 9.17) is 0 Å². The van der Waals surface area contributed by atoms with Crippen molar-refractivity contribution in [1.82, 2.24) is 14.9 Å². The molecule has 1 aliphatic heterocycles. The van der Waals surface area contributed by atoms with Gasteiger partial charge in [-0.15, -0.1) is 0 Å². The number of anilines is 1. The van der Waals surface area contributed by atoms with E-state index in [2.05, 4.69) is 15.3 Å². The minimum atomic E-state index is -0.416. The molecule has 0 saturated carbocycles. The fraction of sp³-hybridized carbons (Fsp3) is 0.0500. The van der Waals surface area contributed by atoms with E-state index in [0.717, 1.165) is 10.5 Å². The molecule has 7 nitrogen and oxygen atoms in total. The molecule has 2 heterocycles. The molecule has 0 bridgehead atoms. The summed E-state index contributed by atoms with van der Waals surface area (Å²) in [5.41, 5.74) is 2.11. The van der Waals surface area contributed by atoms with Gasteiger partial charge >= 0.3 is 0 Å². The molecule has 4 rings (SSSR count). The Morgan fingerprint density at radius 3 is 2.30 bits per heavy atom. The number of carbonyl (C=O) groups is 3. The first-order valence-corrected chi connectivity index (χ1v) is 8.20. The fourth-order valence-electron chi connectivity index (χ4n) is 2.83. The molecule has 27 heavy (non-hydrogen) atoms. The van der Waals surface area contributed by atoms with E-state index in [1.54, 1.807) is 0 Å². The van der Waals surface area contributed by atoms with Gasteiger partial charge in [-0.25, -0.2) is 9.97 Å². The zero-order chi connectivity index (χ0) is 19.0. The number of hydrogen-bond acceptors (Lipinski definition) is 5. The average molecular weight is 358 g/mol. The standard InChI is InChI=1S/C20H14N4O3/c1-24-19(26)15-8-7-13(9-16(15)20(24)27)18(25)23-14-10-21-17(22-11-14)12-5-3-2-4-6-12/h2-11H,1H3,(H,23,25). The predicted molar refractivity (Wildman–Crippen MR) is 98.3 cm³/mol. The third-order valence-corrected chi connectivity index (χ3v) is 4.29. The monoisotopic (exact) mass is 358 g/mol. The smallest absolute Gasteiger partial charge is 0.261 e. The van der Waals surface area contributed by atoms with Crippen LogP contribution >= 0.6 is 0 Å². The Bertz CT molecular complexity index is 1060. The second kappa shape index (κ2) is 6.45. The highest BCUT2D eigenvalue weighted by molar-refractivity contribution is 6.22. The van der Waals surface area contributed by atoms with E-state index in [1.807, 2.05) is 30.3 Å². The Kier molecular flexibility index (Phi) is 3.97. The maximum Gasteiger partial charge on any atom is 0.261 e. The van der Waals surface area contributed by atoms with Crippen molar-refractivity contribution >= 4 is 23.4 Å². The normalized spacial score (nSPS) is 12.9. The summed E-state index contributed by atoms with van der Waals surface area (Å²) in [7, 11) is 1.41. The molecule has 0 fully saturated rings. The third kappa shape index (κ3) is 2.95. The molecule has 0 unspecified atom stereocenters. The zero-order valence-corrected chi connectivity index (χ0v) is 14.3. The van der Waals surface area contributed by atoms with Crippen molar-refractivity contribution in [1.29, 1.82) is 0 Å². The Morgan fingerprint density at radius 1 is 0.926 bits per heavy atom. The Balaban J connectivity index is 1.53. The van der Waals surface area contributed by atoms with E-state index < -0.39 is 11.8 Å². The molecule has 0 saturated heterocycles. The van der Waals surface area contributed by atoms with Gasteiger partial charge in [-0.05, 0) is 18.2 Å². The summed E-state index contributed by atoms with van der Waals surface area (Å²) in [6, 6.07) is 13.9. The SMILES string of the molecule is CN1C(=O)c2ccc(C(=O)Nc3cnc(-c4ccccc4)nc3)cc2C1=O. The van der Waals surface area contributed by atoms with Crippen LogP contribution in [-0.2, 0) is 0 Å². The number of amides is 3. The summed E-state index contributed by atoms with van der Waals surface area (Å²) in [6.45, 7) is 0. The molecule has 3 aromatic rings. The Morgan fingerprint density at radius 2 is 1.59 bits per heavy atom. The van der Waals surface area contributed by atoms with Crippen molar-refractivity contribution in [3.63, 3.8) is 0 Å². The van der Waals surface area contributed by atoms with Gasteiger partial charge in [0.25, 0.3) is 17.7 Å². The summed E-state index contributed by atoms with van der Waals surface area (Å²) in [5, 5.41) is 2.69. The van der Waals surface area contributed by atoms with Gasteiger partial charge in [0.05, 0.1) is 29.2 Å². The summed E-state index contributed by atoms with van der Waals surface area (Å²) in [5.74, 6) is -0.644. The fourth-order valence-corrected chi connectivity index (χ4v) is 2.83. The lowest BCUT2D eigenvalue weighted by Gasteiger charge is -2.06. The van der Waals surface area contributed by atoms with Crippen molar-refractivity contribution in [2.24, 2.45) is 0 Å². The summed E-state index contributed by atoms with van der Waals surface area (Å²) >= 11 is 0. The van der Waals surface area contributed by atoms with E-state index in [9.17, 15) is 14.4 Å². The number of fused-ring (bicyclic) bond motifs is 1. The van der Waals surface area contributed by atoms with Gasteiger partial charge in [0, 0.05) is 18.2 Å². The number of hydrogen-bond donors (Lipinski definition) is 1. The van der Waals surface area contributed by atoms with Crippen LogP contribution in [0.15, 0.2) is 60.9 Å². The quantitative estimate of drug-likeness (QED) is 0.727. The van der Waals surface area contributed by atoms with Gasteiger partial charge in [0.1, 0.15) is 0 Å². The topological polar surface area (TPSA) is 92.3 Å². The van der Waals surface area contributed by atoms with Crippen LogP contribution in [0.4, 0.5) is 5.69 Å². The molecule has 0 aliphatic carbocycles. The number of benzene rings is 2. The molecule has 132 valence electrons. The zero-order valence-electron chi connectivity index (χ0n) is 14.3. The summed E-state index contributed by atoms with van der Waals surface area (Å²) < 4.78 is 0. The largest absolute Gasteiger partial charge is 0.319 e. The van der Waals surface area contributed by atoms with E-state index in [1.165, 1.54) is 37.6 Å². The lowest BCUT2D eigenvalue weighted by molar-refractivity contribution is 0.0693. The van der Waals surface area contributed by atoms with Crippen molar-refractivity contribution in [2.45, 2.75) is 0 Å². The van der Waals surface area contributed by atoms with E-state index in [-0.39, 0.29) is 17.0 Å². The highest BCUT2D eigenvalue weighted by atomic mass is 16.2. The van der Waals surface area contributed by atoms with Crippen molar-refractivity contribution in [3.8, 4) is 11.4 Å². The number of carbonyl (C=O) groups excluding carboxylic acids is 3. The van der Waals surface area contributed by atoms with Crippen LogP contribution in [0, 0.1) is 0 Å². The number of rotatable bonds is 3. The molecule has 1 N–H and O–H groups in total. The second-order valence-electron chi connectivity index (χ2n) is 6.05. The van der Waals surface area contributed by atoms with Crippen molar-refractivity contribution < 1.29 is 14.4 Å². The van der Waals surface area contributed by atoms with Gasteiger partial charge in [0.2, 0.25) is 0 Å². The molecule has 3 amide bonds. The summed E-state index contributed by atoms with van der Waals surface area (Å²) in [6.07, 6.45) is 3.03. The van der Waals surface area contributed by atoms with Crippen LogP contribution in [-0.4, -0.2) is 39.6 Å². The first kappa shape index (κ1) is 16.6. The van der Waals surface area contributed by atoms with Gasteiger partial charge in [0.15, 0.2) is 5.82 Å². The molecular weight excluding hydrogens is 344 g/mol. The predicted octanol–water partition coefficient (Wildman–Crippen LogP) is 2.62. The van der Waals surface area contributed by atoms with E-state index >= 15 is 0 Å². The second-order valence-corrected chi connectivity index (χ2v) is 6.05. The maximum absolute atomic E-state index is 12.5. The molecule has 0 spiro atoms. The average Bonchev–Trinajstić information content (AvgIpc) is 2.93. The van der Waals surface area contributed by atoms with Gasteiger partial charge < -0.3 is 5.32 Å². The van der Waals surface area contributed by atoms with Crippen molar-refractivity contribution in [3.05, 3.63) is 77.6 Å². The minimum absolute atomic E-state index is 0.228. The summed E-state index contributed by atoms with van der Waals surface area (Å²) in [4.78, 5) is 46.0. The van der Waals surface area contributed by atoms with Gasteiger partial charge in [-0.1, -0.05) is 30.3 Å². The van der Waals surface area contributed by atoms with Crippen LogP contribution < -0.4 is 5.32 Å². The molecular formula is C20H14N4O3. The molecule has 2 aromatic carbocycles. The maximum atomic E-state index is 12.5. The van der Waals surface area contributed by atoms with Crippen molar-refractivity contribution in [2.75, 3.05) is 12.4 Å². The molecule has 0 radical (unpaired) electrons. The van der Waals surface area contributed by atoms with Gasteiger partial charge in [-0.2, -0.15) is 0 Å². The molecule has 1 aromatic heterocycles. The number of imide groups is 1. The third-order valence-electron chi connectivity index (χ3n) is 4.29. The van der Waals surface area contributed by atoms with Crippen LogP contribution in [0.25, 0.3) is 11.4 Å². The van der Waals surface area contributed by atoms with Gasteiger partial charge in [-0.3, -0.25) is 19.3 Å².